The van der Waals surface area contributed by atoms with Gasteiger partial charge in [-0.05, 0) is 103 Å². The van der Waals surface area contributed by atoms with Gasteiger partial charge in [0.25, 0.3) is 0 Å². The summed E-state index contributed by atoms with van der Waals surface area (Å²) in [6.07, 6.45) is 80.5. The predicted molar refractivity (Wildman–Crippen MR) is 306 cm³/mol. The third-order valence-electron chi connectivity index (χ3n) is 12.0. The van der Waals surface area contributed by atoms with Crippen molar-refractivity contribution in [3.8, 4) is 0 Å². The molecular weight excluding hydrogens is 877 g/mol. The third-order valence-corrected chi connectivity index (χ3v) is 12.0. The Balaban J connectivity index is 4.53. The topological polar surface area (TPSA) is 78.9 Å². The molecule has 0 saturated carbocycles. The van der Waals surface area contributed by atoms with E-state index in [9.17, 15) is 14.4 Å². The quantitative estimate of drug-likeness (QED) is 0.0199. The van der Waals surface area contributed by atoms with Gasteiger partial charge in [0.1, 0.15) is 13.2 Å². The molecule has 0 heterocycles. The van der Waals surface area contributed by atoms with Crippen molar-refractivity contribution in [1.82, 2.24) is 0 Å². The van der Waals surface area contributed by atoms with Gasteiger partial charge in [-0.3, -0.25) is 14.4 Å². The highest BCUT2D eigenvalue weighted by molar-refractivity contribution is 5.71. The Hall–Kier alpha value is -4.19. The molecule has 1 atom stereocenters. The van der Waals surface area contributed by atoms with Crippen molar-refractivity contribution in [3.05, 3.63) is 122 Å². The highest BCUT2D eigenvalue weighted by Crippen LogP contribution is 2.14. The number of carbonyl (C=O) groups is 3. The number of unbranched alkanes of at least 4 members (excludes halogenated alkanes) is 23. The lowest BCUT2D eigenvalue weighted by Gasteiger charge is -2.18. The zero-order valence-electron chi connectivity index (χ0n) is 45.9. The van der Waals surface area contributed by atoms with Crippen molar-refractivity contribution in [2.75, 3.05) is 13.2 Å². The van der Waals surface area contributed by atoms with E-state index >= 15 is 0 Å². The fraction of sp³-hybridized carbons (Fsp3) is 0.646. The molecule has 0 aromatic heterocycles. The first kappa shape index (κ1) is 66.8. The van der Waals surface area contributed by atoms with E-state index in [4.69, 9.17) is 14.2 Å². The minimum Gasteiger partial charge on any atom is -0.462 e. The van der Waals surface area contributed by atoms with Gasteiger partial charge in [-0.1, -0.05) is 251 Å². The van der Waals surface area contributed by atoms with Crippen LogP contribution in [0.5, 0.6) is 0 Å². The first-order chi connectivity index (χ1) is 35.0. The van der Waals surface area contributed by atoms with Crippen LogP contribution in [0.25, 0.3) is 0 Å². The Bertz CT molecular complexity index is 1500. The maximum atomic E-state index is 12.9. The molecule has 0 amide bonds. The normalized spacial score (nSPS) is 13.0. The Morgan fingerprint density at radius 2 is 0.634 bits per heavy atom. The molecule has 0 spiro atoms. The van der Waals surface area contributed by atoms with E-state index in [1.165, 1.54) is 109 Å². The van der Waals surface area contributed by atoms with Gasteiger partial charge in [-0.2, -0.15) is 0 Å². The van der Waals surface area contributed by atoms with Crippen molar-refractivity contribution >= 4 is 17.9 Å². The first-order valence-corrected chi connectivity index (χ1v) is 29.1. The number of esters is 3. The van der Waals surface area contributed by atoms with E-state index in [2.05, 4.69) is 136 Å². The lowest BCUT2D eigenvalue weighted by atomic mass is 10.1. The molecule has 0 aromatic carbocycles. The van der Waals surface area contributed by atoms with Gasteiger partial charge < -0.3 is 14.2 Å². The third kappa shape index (κ3) is 56.6. The molecule has 6 heteroatoms. The SMILES string of the molecule is CC/C=C\C/C=C\C/C=C\C/C=C\C/C=C\CCC(=O)OCC(COC(=O)CCCCCCCCCCCC/C=C\C=C/CCCCC)OC(=O)CCCCCCC\C=C/C=C\C=C/CCCCCCC. The lowest BCUT2D eigenvalue weighted by molar-refractivity contribution is -0.166. The highest BCUT2D eigenvalue weighted by atomic mass is 16.6. The van der Waals surface area contributed by atoms with E-state index in [-0.39, 0.29) is 44.0 Å². The van der Waals surface area contributed by atoms with Crippen LogP contribution < -0.4 is 0 Å². The molecule has 0 radical (unpaired) electrons. The van der Waals surface area contributed by atoms with Crippen LogP contribution in [0.1, 0.15) is 252 Å². The van der Waals surface area contributed by atoms with E-state index in [0.29, 0.717) is 12.8 Å². The van der Waals surface area contributed by atoms with Gasteiger partial charge in [0.05, 0.1) is 0 Å². The summed E-state index contributed by atoms with van der Waals surface area (Å²) in [4.78, 5) is 38.2. The second kappa shape index (κ2) is 58.4. The number of allylic oxidation sites excluding steroid dienone is 20. The number of rotatable bonds is 51. The molecule has 1 unspecified atom stereocenters. The number of hydrogen-bond acceptors (Lipinski definition) is 6. The fourth-order valence-corrected chi connectivity index (χ4v) is 7.66. The summed E-state index contributed by atoms with van der Waals surface area (Å²) in [5, 5.41) is 0. The monoisotopic (exact) mass is 983 g/mol. The van der Waals surface area contributed by atoms with Crippen molar-refractivity contribution < 1.29 is 28.6 Å². The molecule has 0 aliphatic rings. The Labute approximate surface area is 437 Å². The Kier molecular flexibility index (Phi) is 54.9. The minimum atomic E-state index is -0.824. The van der Waals surface area contributed by atoms with Crippen LogP contribution in [0.15, 0.2) is 122 Å². The lowest BCUT2D eigenvalue weighted by Crippen LogP contribution is -2.30. The molecule has 71 heavy (non-hydrogen) atoms. The van der Waals surface area contributed by atoms with Crippen molar-refractivity contribution in [1.29, 1.82) is 0 Å². The second-order valence-electron chi connectivity index (χ2n) is 18.9. The molecule has 0 aliphatic carbocycles. The highest BCUT2D eigenvalue weighted by Gasteiger charge is 2.19. The largest absolute Gasteiger partial charge is 0.462 e. The van der Waals surface area contributed by atoms with Gasteiger partial charge in [-0.15, -0.1) is 0 Å². The average Bonchev–Trinajstić information content (AvgIpc) is 3.37. The fourth-order valence-electron chi connectivity index (χ4n) is 7.66. The predicted octanol–water partition coefficient (Wildman–Crippen LogP) is 19.6. The maximum Gasteiger partial charge on any atom is 0.306 e. The van der Waals surface area contributed by atoms with Crippen LogP contribution in [-0.2, 0) is 28.6 Å². The van der Waals surface area contributed by atoms with Crippen LogP contribution in [0.4, 0.5) is 0 Å². The summed E-state index contributed by atoms with van der Waals surface area (Å²) in [5.41, 5.74) is 0. The molecular formula is C65H106O6. The van der Waals surface area contributed by atoms with E-state index in [1.807, 2.05) is 6.08 Å². The average molecular weight is 984 g/mol. The number of carbonyl (C=O) groups excluding carboxylic acids is 3. The first-order valence-electron chi connectivity index (χ1n) is 29.1. The molecule has 0 bridgehead atoms. The van der Waals surface area contributed by atoms with Gasteiger partial charge in [-0.25, -0.2) is 0 Å². The smallest absolute Gasteiger partial charge is 0.306 e. The van der Waals surface area contributed by atoms with Gasteiger partial charge in [0, 0.05) is 19.3 Å². The molecule has 0 N–H and O–H groups in total. The van der Waals surface area contributed by atoms with Crippen LogP contribution in [0.3, 0.4) is 0 Å². The molecule has 0 rings (SSSR count). The standard InChI is InChI=1S/C65H106O6/c1-4-7-10-13-16-19-22-25-28-31-33-35-37-40-43-46-49-52-55-58-64(67)70-61-62(60-69-63(66)57-54-51-48-45-42-39-36-30-27-24-21-18-15-12-9-6-3)71-65(68)59-56-53-50-47-44-41-38-34-32-29-26-23-20-17-14-11-8-5-2/h9,12,16,18-19,21-23,25-27,29-30,32,34,38-39,42,48,51,62H,4-8,10-11,13-15,17,20,24,28,31,33,35-37,40-41,43-47,49-50,52-61H2,1-3H3/b12-9-,19-16-,21-18-,25-22-,26-23-,30-27-,32-29-,38-34-,42-39-,51-48-. The van der Waals surface area contributed by atoms with Crippen LogP contribution in [0, 0.1) is 0 Å². The zero-order chi connectivity index (χ0) is 51.4. The van der Waals surface area contributed by atoms with Gasteiger partial charge in [0.2, 0.25) is 0 Å². The molecule has 0 aliphatic heterocycles. The summed E-state index contributed by atoms with van der Waals surface area (Å²) in [6.45, 7) is 6.40. The molecule has 402 valence electrons. The molecule has 6 nitrogen and oxygen atoms in total. The van der Waals surface area contributed by atoms with Gasteiger partial charge >= 0.3 is 17.9 Å². The van der Waals surface area contributed by atoms with E-state index in [0.717, 1.165) is 96.3 Å². The minimum absolute atomic E-state index is 0.114. The second-order valence-corrected chi connectivity index (χ2v) is 18.9. The Morgan fingerprint density at radius 3 is 1.07 bits per heavy atom. The zero-order valence-corrected chi connectivity index (χ0v) is 45.9. The number of ether oxygens (including phenoxy) is 3. The molecule has 0 saturated heterocycles. The molecule has 0 aromatic rings. The summed E-state index contributed by atoms with van der Waals surface area (Å²) in [7, 11) is 0. The summed E-state index contributed by atoms with van der Waals surface area (Å²) in [5.74, 6) is -1.02. The Morgan fingerprint density at radius 1 is 0.310 bits per heavy atom. The van der Waals surface area contributed by atoms with Crippen molar-refractivity contribution in [3.63, 3.8) is 0 Å². The van der Waals surface area contributed by atoms with Gasteiger partial charge in [0.15, 0.2) is 6.10 Å². The summed E-state index contributed by atoms with van der Waals surface area (Å²) >= 11 is 0. The summed E-state index contributed by atoms with van der Waals surface area (Å²) in [6, 6.07) is 0. The summed E-state index contributed by atoms with van der Waals surface area (Å²) < 4.78 is 16.8. The molecule has 0 fully saturated rings. The van der Waals surface area contributed by atoms with E-state index < -0.39 is 6.10 Å². The van der Waals surface area contributed by atoms with E-state index in [1.54, 1.807) is 0 Å². The van der Waals surface area contributed by atoms with Crippen LogP contribution >= 0.6 is 0 Å². The number of hydrogen-bond donors (Lipinski definition) is 0. The van der Waals surface area contributed by atoms with Crippen LogP contribution in [-0.4, -0.2) is 37.2 Å². The van der Waals surface area contributed by atoms with Crippen molar-refractivity contribution in [2.45, 2.75) is 258 Å². The van der Waals surface area contributed by atoms with Crippen molar-refractivity contribution in [2.24, 2.45) is 0 Å². The maximum absolute atomic E-state index is 12.9. The van der Waals surface area contributed by atoms with Crippen LogP contribution in [0.2, 0.25) is 0 Å².